The number of fused-ring (bicyclic) bond motifs is 1. The lowest BCUT2D eigenvalue weighted by Crippen LogP contribution is -2.08. The van der Waals surface area contributed by atoms with Gasteiger partial charge in [-0.2, -0.15) is 0 Å². The minimum atomic E-state index is -0.299. The summed E-state index contributed by atoms with van der Waals surface area (Å²) in [4.78, 5) is 16.6. The van der Waals surface area contributed by atoms with E-state index in [1.807, 2.05) is 32.0 Å². The molecule has 0 saturated heterocycles. The lowest BCUT2D eigenvalue weighted by molar-refractivity contribution is 0.486. The molecule has 0 amide bonds. The van der Waals surface area contributed by atoms with Gasteiger partial charge in [0.25, 0.3) is 0 Å². The van der Waals surface area contributed by atoms with Gasteiger partial charge in [0.15, 0.2) is 5.16 Å². The zero-order valence-corrected chi connectivity index (χ0v) is 16.2. The van der Waals surface area contributed by atoms with Gasteiger partial charge in [0.05, 0.1) is 5.69 Å². The molecule has 2 heterocycles. The van der Waals surface area contributed by atoms with Crippen molar-refractivity contribution >= 4 is 22.7 Å². The molecule has 25 heavy (non-hydrogen) atoms. The lowest BCUT2D eigenvalue weighted by atomic mass is 10.1. The quantitative estimate of drug-likeness (QED) is 0.484. The fourth-order valence-corrected chi connectivity index (χ4v) is 4.00. The maximum Gasteiger partial charge on any atom is 0.336 e. The largest absolute Gasteiger partial charge is 0.423 e. The van der Waals surface area contributed by atoms with Crippen molar-refractivity contribution < 1.29 is 4.42 Å². The van der Waals surface area contributed by atoms with Gasteiger partial charge in [0.2, 0.25) is 0 Å². The van der Waals surface area contributed by atoms with Crippen LogP contribution in [0.2, 0.25) is 0 Å². The molecule has 0 fully saturated rings. The SMILES string of the molecule is Cc1ccc2c(CSc3nc(C)c(C)n3CC(C)C)cc(=O)oc2c1. The van der Waals surface area contributed by atoms with E-state index in [0.29, 0.717) is 17.3 Å². The normalized spacial score (nSPS) is 11.6. The Balaban J connectivity index is 1.93. The van der Waals surface area contributed by atoms with Crippen LogP contribution < -0.4 is 5.63 Å². The Hall–Kier alpha value is -2.01. The van der Waals surface area contributed by atoms with E-state index in [0.717, 1.165) is 33.9 Å². The van der Waals surface area contributed by atoms with Crippen LogP contribution in [0.1, 0.15) is 36.4 Å². The highest BCUT2D eigenvalue weighted by molar-refractivity contribution is 7.98. The first-order chi connectivity index (χ1) is 11.8. The Morgan fingerprint density at radius 2 is 1.96 bits per heavy atom. The molecule has 0 N–H and O–H groups in total. The second kappa shape index (κ2) is 7.08. The van der Waals surface area contributed by atoms with Gasteiger partial charge in [-0.15, -0.1) is 0 Å². The molecule has 0 atom stereocenters. The molecule has 5 heteroatoms. The summed E-state index contributed by atoms with van der Waals surface area (Å²) in [5.41, 5.74) is 4.71. The molecule has 132 valence electrons. The van der Waals surface area contributed by atoms with Crippen LogP contribution in [-0.2, 0) is 12.3 Å². The van der Waals surface area contributed by atoms with Gasteiger partial charge in [-0.05, 0) is 43.9 Å². The zero-order valence-electron chi connectivity index (χ0n) is 15.4. The first kappa shape index (κ1) is 17.8. The molecule has 2 aromatic heterocycles. The van der Waals surface area contributed by atoms with E-state index in [2.05, 4.69) is 25.3 Å². The maximum absolute atomic E-state index is 11.9. The standard InChI is InChI=1S/C20H24N2O2S/c1-12(2)10-22-15(5)14(4)21-20(22)25-11-16-9-19(23)24-18-8-13(3)6-7-17(16)18/h6-9,12H,10-11H2,1-5H3. The van der Waals surface area contributed by atoms with Crippen molar-refractivity contribution in [1.29, 1.82) is 0 Å². The smallest absolute Gasteiger partial charge is 0.336 e. The summed E-state index contributed by atoms with van der Waals surface area (Å²) in [6.45, 7) is 11.5. The molecule has 0 aliphatic carbocycles. The summed E-state index contributed by atoms with van der Waals surface area (Å²) < 4.78 is 7.63. The number of imidazole rings is 1. The highest BCUT2D eigenvalue weighted by Gasteiger charge is 2.14. The second-order valence-electron chi connectivity index (χ2n) is 6.95. The summed E-state index contributed by atoms with van der Waals surface area (Å²) in [5.74, 6) is 1.25. The minimum Gasteiger partial charge on any atom is -0.423 e. The summed E-state index contributed by atoms with van der Waals surface area (Å²) in [5, 5.41) is 2.00. The molecule has 3 aromatic rings. The Kier molecular flexibility index (Phi) is 5.04. The van der Waals surface area contributed by atoms with Crippen LogP contribution in [0.4, 0.5) is 0 Å². The van der Waals surface area contributed by atoms with Gasteiger partial charge in [-0.3, -0.25) is 0 Å². The van der Waals surface area contributed by atoms with Gasteiger partial charge in [0.1, 0.15) is 5.58 Å². The molecular weight excluding hydrogens is 332 g/mol. The number of aryl methyl sites for hydroxylation is 2. The lowest BCUT2D eigenvalue weighted by Gasteiger charge is -2.12. The summed E-state index contributed by atoms with van der Waals surface area (Å²) in [6, 6.07) is 7.59. The molecule has 1 aromatic carbocycles. The third kappa shape index (κ3) is 3.82. The van der Waals surface area contributed by atoms with Crippen molar-refractivity contribution in [3.8, 4) is 0 Å². The van der Waals surface area contributed by atoms with E-state index in [1.165, 1.54) is 5.69 Å². The number of benzene rings is 1. The summed E-state index contributed by atoms with van der Waals surface area (Å²) in [6.07, 6.45) is 0. The van der Waals surface area contributed by atoms with E-state index in [-0.39, 0.29) is 5.63 Å². The van der Waals surface area contributed by atoms with Crippen LogP contribution in [0.5, 0.6) is 0 Å². The molecule has 4 nitrogen and oxygen atoms in total. The van der Waals surface area contributed by atoms with Crippen LogP contribution >= 0.6 is 11.8 Å². The predicted octanol–water partition coefficient (Wildman–Crippen LogP) is 4.86. The van der Waals surface area contributed by atoms with E-state index in [1.54, 1.807) is 17.8 Å². The van der Waals surface area contributed by atoms with Crippen molar-refractivity contribution in [2.45, 2.75) is 52.1 Å². The first-order valence-electron chi connectivity index (χ1n) is 8.55. The van der Waals surface area contributed by atoms with E-state index in [9.17, 15) is 4.79 Å². The third-order valence-electron chi connectivity index (χ3n) is 4.31. The Morgan fingerprint density at radius 3 is 2.68 bits per heavy atom. The summed E-state index contributed by atoms with van der Waals surface area (Å²) >= 11 is 1.68. The topological polar surface area (TPSA) is 48.0 Å². The van der Waals surface area contributed by atoms with Gasteiger partial charge in [-0.25, -0.2) is 9.78 Å². The van der Waals surface area contributed by atoms with Gasteiger partial charge in [0, 0.05) is 29.4 Å². The van der Waals surface area contributed by atoms with Crippen LogP contribution in [0.3, 0.4) is 0 Å². The summed E-state index contributed by atoms with van der Waals surface area (Å²) in [7, 11) is 0. The highest BCUT2D eigenvalue weighted by Crippen LogP contribution is 2.28. The molecule has 0 spiro atoms. The van der Waals surface area contributed by atoms with Crippen molar-refractivity contribution in [3.05, 3.63) is 57.2 Å². The van der Waals surface area contributed by atoms with Crippen molar-refractivity contribution in [1.82, 2.24) is 9.55 Å². The van der Waals surface area contributed by atoms with Gasteiger partial charge in [-0.1, -0.05) is 37.7 Å². The van der Waals surface area contributed by atoms with Crippen LogP contribution in [0.15, 0.2) is 38.6 Å². The average Bonchev–Trinajstić information content (AvgIpc) is 2.79. The Labute approximate surface area is 152 Å². The van der Waals surface area contributed by atoms with Gasteiger partial charge >= 0.3 is 5.63 Å². The highest BCUT2D eigenvalue weighted by atomic mass is 32.2. The monoisotopic (exact) mass is 356 g/mol. The molecular formula is C20H24N2O2S. The molecule has 0 aliphatic rings. The number of nitrogens with zero attached hydrogens (tertiary/aromatic N) is 2. The van der Waals surface area contributed by atoms with Gasteiger partial charge < -0.3 is 8.98 Å². The minimum absolute atomic E-state index is 0.299. The van der Waals surface area contributed by atoms with Crippen molar-refractivity contribution in [2.75, 3.05) is 0 Å². The zero-order chi connectivity index (χ0) is 18.1. The first-order valence-corrected chi connectivity index (χ1v) is 9.53. The number of thioether (sulfide) groups is 1. The molecule has 0 saturated carbocycles. The Bertz CT molecular complexity index is 970. The van der Waals surface area contributed by atoms with Crippen molar-refractivity contribution in [3.63, 3.8) is 0 Å². The number of hydrogen-bond donors (Lipinski definition) is 0. The Morgan fingerprint density at radius 1 is 1.20 bits per heavy atom. The molecule has 0 radical (unpaired) electrons. The van der Waals surface area contributed by atoms with Crippen LogP contribution in [0, 0.1) is 26.7 Å². The third-order valence-corrected chi connectivity index (χ3v) is 5.34. The number of aromatic nitrogens is 2. The number of rotatable bonds is 5. The average molecular weight is 356 g/mol. The fourth-order valence-electron chi connectivity index (χ4n) is 2.91. The number of hydrogen-bond acceptors (Lipinski definition) is 4. The fraction of sp³-hybridized carbons (Fsp3) is 0.400. The van der Waals surface area contributed by atoms with E-state index >= 15 is 0 Å². The molecule has 0 aliphatic heterocycles. The molecule has 0 bridgehead atoms. The maximum atomic E-state index is 11.9. The molecule has 3 rings (SSSR count). The van der Waals surface area contributed by atoms with Crippen LogP contribution in [-0.4, -0.2) is 9.55 Å². The molecule has 0 unspecified atom stereocenters. The predicted molar refractivity (Wildman–Crippen MR) is 103 cm³/mol. The van der Waals surface area contributed by atoms with Crippen molar-refractivity contribution in [2.24, 2.45) is 5.92 Å². The van der Waals surface area contributed by atoms with E-state index in [4.69, 9.17) is 9.40 Å². The van der Waals surface area contributed by atoms with Crippen LogP contribution in [0.25, 0.3) is 11.0 Å². The second-order valence-corrected chi connectivity index (χ2v) is 7.89. The van der Waals surface area contributed by atoms with E-state index < -0.39 is 0 Å².